The van der Waals surface area contributed by atoms with E-state index in [0.717, 1.165) is 52.7 Å². The van der Waals surface area contributed by atoms with Crippen LogP contribution in [0.2, 0.25) is 0 Å². The van der Waals surface area contributed by atoms with Gasteiger partial charge in [-0.2, -0.15) is 11.8 Å². The van der Waals surface area contributed by atoms with Crippen LogP contribution in [0.25, 0.3) is 10.2 Å². The first-order valence-electron chi connectivity index (χ1n) is 14.5. The Morgan fingerprint density at radius 3 is 2.55 bits per heavy atom. The van der Waals surface area contributed by atoms with Gasteiger partial charge in [0.05, 0.1) is 15.2 Å². The Morgan fingerprint density at radius 1 is 1.12 bits per heavy atom. The van der Waals surface area contributed by atoms with E-state index in [1.165, 1.54) is 5.56 Å². The Labute approximate surface area is 247 Å². The number of aromatic nitrogens is 1. The Hall–Kier alpha value is -2.43. The first-order valence-corrected chi connectivity index (χ1v) is 16.4. The number of amides is 3. The van der Waals surface area contributed by atoms with Gasteiger partial charge in [0.1, 0.15) is 6.04 Å². The maximum absolute atomic E-state index is 13.6. The van der Waals surface area contributed by atoms with Crippen LogP contribution in [-0.4, -0.2) is 77.4 Å². The van der Waals surface area contributed by atoms with Crippen molar-refractivity contribution in [3.63, 3.8) is 0 Å². The van der Waals surface area contributed by atoms with Gasteiger partial charge in [-0.05, 0) is 36.5 Å². The van der Waals surface area contributed by atoms with Gasteiger partial charge in [0.25, 0.3) is 0 Å². The molecule has 1 aromatic carbocycles. The summed E-state index contributed by atoms with van der Waals surface area (Å²) in [6.07, 6.45) is 3.14. The smallest absolute Gasteiger partial charge is 0.247 e. The van der Waals surface area contributed by atoms with Gasteiger partial charge in [-0.25, -0.2) is 4.98 Å². The van der Waals surface area contributed by atoms with E-state index in [-0.39, 0.29) is 29.7 Å². The monoisotopic (exact) mass is 587 g/mol. The van der Waals surface area contributed by atoms with Crippen molar-refractivity contribution in [3.05, 3.63) is 40.9 Å². The zero-order chi connectivity index (χ0) is 29.1. The van der Waals surface area contributed by atoms with E-state index in [2.05, 4.69) is 60.3 Å². The van der Waals surface area contributed by atoms with E-state index >= 15 is 0 Å². The number of nitrogens with zero attached hydrogens (tertiary/aromatic N) is 2. The number of rotatable bonds is 15. The molecule has 1 aromatic heterocycles. The van der Waals surface area contributed by atoms with Crippen molar-refractivity contribution in [2.24, 2.45) is 5.92 Å². The third kappa shape index (κ3) is 9.59. The summed E-state index contributed by atoms with van der Waals surface area (Å²) in [6, 6.07) is 5.19. The highest BCUT2D eigenvalue weighted by Crippen LogP contribution is 2.25. The fourth-order valence-electron chi connectivity index (χ4n) is 4.59. The lowest BCUT2D eigenvalue weighted by atomic mass is 9.98. The predicted molar refractivity (Wildman–Crippen MR) is 167 cm³/mol. The second-order valence-electron chi connectivity index (χ2n) is 10.5. The number of hydrogen-bond donors (Lipinski definition) is 3. The van der Waals surface area contributed by atoms with Crippen LogP contribution in [0.5, 0.6) is 0 Å². The average Bonchev–Trinajstić information content (AvgIpc) is 3.36. The van der Waals surface area contributed by atoms with Crippen molar-refractivity contribution in [1.29, 1.82) is 0 Å². The highest BCUT2D eigenvalue weighted by atomic mass is 32.2. The number of thiazole rings is 1. The number of carbonyl (C=O) groups excluding carboxylic acids is 3. The van der Waals surface area contributed by atoms with E-state index in [1.807, 2.05) is 24.8 Å². The van der Waals surface area contributed by atoms with Gasteiger partial charge in [-0.3, -0.25) is 19.3 Å². The molecule has 0 spiro atoms. The molecule has 2 aromatic rings. The lowest BCUT2D eigenvalue weighted by Gasteiger charge is -2.28. The zero-order valence-corrected chi connectivity index (χ0v) is 26.0. The van der Waals surface area contributed by atoms with Gasteiger partial charge < -0.3 is 16.0 Å². The van der Waals surface area contributed by atoms with Crippen molar-refractivity contribution in [3.8, 4) is 0 Å². The minimum atomic E-state index is -0.751. The van der Waals surface area contributed by atoms with Crippen LogP contribution in [0, 0.1) is 5.92 Å². The third-order valence-electron chi connectivity index (χ3n) is 7.39. The fraction of sp³-hybridized carbons (Fsp3) is 0.600. The lowest BCUT2D eigenvalue weighted by Crippen LogP contribution is -2.54. The highest BCUT2D eigenvalue weighted by Gasteiger charge is 2.27. The molecular formula is C30H45N5O3S2. The van der Waals surface area contributed by atoms with Crippen molar-refractivity contribution in [2.45, 2.75) is 71.9 Å². The summed E-state index contributed by atoms with van der Waals surface area (Å²) in [4.78, 5) is 45.9. The minimum Gasteiger partial charge on any atom is -0.350 e. The molecule has 3 N–H and O–H groups in total. The number of benzene rings is 1. The number of nitrogens with one attached hydrogen (secondary N) is 3. The highest BCUT2D eigenvalue weighted by molar-refractivity contribution is 7.99. The minimum absolute atomic E-state index is 0.124. The van der Waals surface area contributed by atoms with Crippen LogP contribution in [0.3, 0.4) is 0 Å². The molecular weight excluding hydrogens is 542 g/mol. The molecule has 1 aliphatic rings. The van der Waals surface area contributed by atoms with E-state index in [0.29, 0.717) is 37.9 Å². The van der Waals surface area contributed by atoms with Gasteiger partial charge in [-0.15, -0.1) is 11.3 Å². The van der Waals surface area contributed by atoms with E-state index in [4.69, 9.17) is 4.98 Å². The molecule has 1 saturated heterocycles. The Morgan fingerprint density at radius 2 is 1.88 bits per heavy atom. The van der Waals surface area contributed by atoms with Crippen molar-refractivity contribution < 1.29 is 14.4 Å². The molecule has 10 heteroatoms. The van der Waals surface area contributed by atoms with Gasteiger partial charge in [0, 0.05) is 62.1 Å². The molecule has 8 nitrogen and oxygen atoms in total. The number of carbonyl (C=O) groups is 3. The number of hydrogen-bond acceptors (Lipinski definition) is 7. The lowest BCUT2D eigenvalue weighted by molar-refractivity contribution is -0.129. The SMILES string of the molecule is C=C(CN1CCSCC1)C(=O)NC[C@@H](NC(=O)[C@H](Cc1nc2ccc(CC)cc2s1)NC(=O)CCC)[C@@H](C)CC. The fourth-order valence-corrected chi connectivity index (χ4v) is 6.65. The van der Waals surface area contributed by atoms with Gasteiger partial charge in [-0.1, -0.05) is 46.8 Å². The van der Waals surface area contributed by atoms with Gasteiger partial charge in [0.2, 0.25) is 17.7 Å². The maximum atomic E-state index is 13.6. The molecule has 0 aliphatic carbocycles. The van der Waals surface area contributed by atoms with Crippen molar-refractivity contribution in [2.75, 3.05) is 37.7 Å². The summed E-state index contributed by atoms with van der Waals surface area (Å²) in [6.45, 7) is 15.0. The molecule has 0 radical (unpaired) electrons. The molecule has 0 bridgehead atoms. The molecule has 220 valence electrons. The molecule has 3 rings (SSSR count). The van der Waals surface area contributed by atoms with E-state index in [9.17, 15) is 14.4 Å². The molecule has 2 heterocycles. The van der Waals surface area contributed by atoms with Crippen LogP contribution in [-0.2, 0) is 27.2 Å². The van der Waals surface area contributed by atoms with E-state index in [1.54, 1.807) is 11.3 Å². The number of fused-ring (bicyclic) bond motifs is 1. The normalized spacial score (nSPS) is 16.2. The van der Waals surface area contributed by atoms with Gasteiger partial charge >= 0.3 is 0 Å². The summed E-state index contributed by atoms with van der Waals surface area (Å²) in [7, 11) is 0. The molecule has 1 aliphatic heterocycles. The van der Waals surface area contributed by atoms with Crippen LogP contribution < -0.4 is 16.0 Å². The quantitative estimate of drug-likeness (QED) is 0.273. The van der Waals surface area contributed by atoms with Crippen LogP contribution in [0.4, 0.5) is 0 Å². The summed E-state index contributed by atoms with van der Waals surface area (Å²) in [5.41, 5.74) is 2.68. The van der Waals surface area contributed by atoms with Crippen molar-refractivity contribution >= 4 is 51.0 Å². The van der Waals surface area contributed by atoms with Crippen LogP contribution >= 0.6 is 23.1 Å². The third-order valence-corrected chi connectivity index (χ3v) is 9.38. The van der Waals surface area contributed by atoms with E-state index < -0.39 is 6.04 Å². The molecule has 0 unspecified atom stereocenters. The Kier molecular flexibility index (Phi) is 12.9. The second kappa shape index (κ2) is 16.1. The predicted octanol–water partition coefficient (Wildman–Crippen LogP) is 3.94. The molecule has 0 saturated carbocycles. The largest absolute Gasteiger partial charge is 0.350 e. The Bertz CT molecular complexity index is 1160. The summed E-state index contributed by atoms with van der Waals surface area (Å²) in [5.74, 6) is 1.67. The molecule has 1 fully saturated rings. The molecule has 40 heavy (non-hydrogen) atoms. The number of aryl methyl sites for hydroxylation is 1. The maximum Gasteiger partial charge on any atom is 0.247 e. The first kappa shape index (κ1) is 32.1. The van der Waals surface area contributed by atoms with Crippen molar-refractivity contribution in [1.82, 2.24) is 25.8 Å². The topological polar surface area (TPSA) is 103 Å². The average molecular weight is 588 g/mol. The number of thioether (sulfide) groups is 1. The second-order valence-corrected chi connectivity index (χ2v) is 12.9. The van der Waals surface area contributed by atoms with Crippen LogP contribution in [0.1, 0.15) is 57.5 Å². The standard InChI is InChI=1S/C30H45N5O3S2/c1-6-9-27(36)32-24(17-28-33-23-11-10-22(8-3)16-26(23)40-28)30(38)34-25(20(4)7-2)18-31-29(37)21(5)19-35-12-14-39-15-13-35/h10-11,16,20,24-25H,5-9,12-15,17-19H2,1-4H3,(H,31,37)(H,32,36)(H,34,38)/t20-,24-,25+/m0/s1. The first-order chi connectivity index (χ1) is 19.2. The summed E-state index contributed by atoms with van der Waals surface area (Å²) < 4.78 is 1.08. The zero-order valence-electron chi connectivity index (χ0n) is 24.4. The Balaban J connectivity index is 1.67. The summed E-state index contributed by atoms with van der Waals surface area (Å²) in [5, 5.41) is 9.85. The van der Waals surface area contributed by atoms with Crippen LogP contribution in [0.15, 0.2) is 30.4 Å². The van der Waals surface area contributed by atoms with Gasteiger partial charge in [0.15, 0.2) is 0 Å². The molecule has 3 atom stereocenters. The summed E-state index contributed by atoms with van der Waals surface area (Å²) >= 11 is 3.49. The molecule has 3 amide bonds.